The van der Waals surface area contributed by atoms with Crippen LogP contribution in [0.2, 0.25) is 0 Å². The topological polar surface area (TPSA) is 93.1 Å². The van der Waals surface area contributed by atoms with E-state index in [9.17, 15) is 19.8 Å². The summed E-state index contributed by atoms with van der Waals surface area (Å²) in [6, 6.07) is 0. The van der Waals surface area contributed by atoms with E-state index in [1.54, 1.807) is 19.9 Å². The number of rotatable bonds is 2. The molecule has 0 fully saturated rings. The van der Waals surface area contributed by atoms with E-state index in [2.05, 4.69) is 0 Å². The average Bonchev–Trinajstić information content (AvgIpc) is 2.77. The van der Waals surface area contributed by atoms with Gasteiger partial charge in [0, 0.05) is 13.3 Å². The summed E-state index contributed by atoms with van der Waals surface area (Å²) >= 11 is 0. The maximum absolute atomic E-state index is 11.9. The Morgan fingerprint density at radius 2 is 2.09 bits per heavy atom. The number of esters is 2. The van der Waals surface area contributed by atoms with Crippen molar-refractivity contribution < 1.29 is 29.3 Å². The molecule has 1 heterocycles. The molecule has 0 spiro atoms. The van der Waals surface area contributed by atoms with Gasteiger partial charge in [-0.25, -0.2) is 4.79 Å². The van der Waals surface area contributed by atoms with Crippen LogP contribution in [0.25, 0.3) is 0 Å². The molecule has 0 unspecified atom stereocenters. The van der Waals surface area contributed by atoms with Gasteiger partial charge in [0.05, 0.1) is 18.3 Å². The van der Waals surface area contributed by atoms with Crippen LogP contribution in [-0.4, -0.2) is 47.1 Å². The fraction of sp³-hybridized carbons (Fsp3) is 0.529. The average molecular weight is 322 g/mol. The van der Waals surface area contributed by atoms with Gasteiger partial charge in [0.15, 0.2) is 0 Å². The van der Waals surface area contributed by atoms with Gasteiger partial charge in [0.1, 0.15) is 12.2 Å². The van der Waals surface area contributed by atoms with Crippen LogP contribution in [0.4, 0.5) is 0 Å². The van der Waals surface area contributed by atoms with Crippen LogP contribution in [0.5, 0.6) is 0 Å². The molecular formula is C17H22O6. The number of aliphatic hydroxyl groups is 2. The standard InChI is InChI=1S/C17H22O6/c1-9-4-5-12-13(8-18)17(21)23-16(12)6-10(2)15(7-14(9)20)22-11(3)19/h4,6,14-16,18,20H,5,7-8H2,1-3H3/b9-4+,10-6-/t14-,15-,16+/m0/s1. The van der Waals surface area contributed by atoms with Crippen LogP contribution >= 0.6 is 0 Å². The molecule has 6 nitrogen and oxygen atoms in total. The highest BCUT2D eigenvalue weighted by molar-refractivity contribution is 5.93. The van der Waals surface area contributed by atoms with E-state index in [-0.39, 0.29) is 18.6 Å². The van der Waals surface area contributed by atoms with Gasteiger partial charge in [0.25, 0.3) is 0 Å². The number of hydrogen-bond acceptors (Lipinski definition) is 6. The highest BCUT2D eigenvalue weighted by Gasteiger charge is 2.33. The van der Waals surface area contributed by atoms with E-state index >= 15 is 0 Å². The van der Waals surface area contributed by atoms with Crippen LogP contribution in [0.15, 0.2) is 34.4 Å². The zero-order valence-corrected chi connectivity index (χ0v) is 13.5. The number of carbonyl (C=O) groups excluding carboxylic acids is 2. The monoisotopic (exact) mass is 322 g/mol. The van der Waals surface area contributed by atoms with Gasteiger partial charge in [-0.15, -0.1) is 0 Å². The fourth-order valence-corrected chi connectivity index (χ4v) is 2.77. The minimum atomic E-state index is -0.754. The summed E-state index contributed by atoms with van der Waals surface area (Å²) in [5.74, 6) is -0.977. The van der Waals surface area contributed by atoms with Gasteiger partial charge in [-0.2, -0.15) is 0 Å². The Balaban J connectivity index is 2.44. The predicted octanol–water partition coefficient (Wildman–Crippen LogP) is 1.18. The minimum absolute atomic E-state index is 0.247. The molecule has 2 rings (SSSR count). The zero-order chi connectivity index (χ0) is 17.1. The van der Waals surface area contributed by atoms with Crippen LogP contribution in [0.1, 0.15) is 33.6 Å². The van der Waals surface area contributed by atoms with Crippen LogP contribution in [0, 0.1) is 0 Å². The van der Waals surface area contributed by atoms with Crippen LogP contribution < -0.4 is 0 Å². The van der Waals surface area contributed by atoms with Crippen molar-refractivity contribution in [3.05, 3.63) is 34.4 Å². The summed E-state index contributed by atoms with van der Waals surface area (Å²) in [6.07, 6.45) is 2.25. The lowest BCUT2D eigenvalue weighted by atomic mass is 9.92. The van der Waals surface area contributed by atoms with Crippen LogP contribution in [-0.2, 0) is 19.1 Å². The Morgan fingerprint density at radius 3 is 2.70 bits per heavy atom. The highest BCUT2D eigenvalue weighted by Crippen LogP contribution is 2.31. The molecule has 1 aliphatic carbocycles. The van der Waals surface area contributed by atoms with Crippen molar-refractivity contribution in [1.82, 2.24) is 0 Å². The second-order valence-corrected chi connectivity index (χ2v) is 5.90. The second-order valence-electron chi connectivity index (χ2n) is 5.90. The van der Waals surface area contributed by atoms with E-state index in [1.807, 2.05) is 6.08 Å². The molecule has 0 bridgehead atoms. The zero-order valence-electron chi connectivity index (χ0n) is 13.5. The molecule has 0 amide bonds. The number of ether oxygens (including phenoxy) is 2. The molecule has 0 aromatic rings. The van der Waals surface area contributed by atoms with E-state index in [0.29, 0.717) is 17.6 Å². The fourth-order valence-electron chi connectivity index (χ4n) is 2.77. The molecule has 0 radical (unpaired) electrons. The molecule has 0 aromatic carbocycles. The third-order valence-corrected chi connectivity index (χ3v) is 4.21. The number of carbonyl (C=O) groups is 2. The van der Waals surface area contributed by atoms with Gasteiger partial charge in [-0.05, 0) is 43.1 Å². The molecule has 6 heteroatoms. The van der Waals surface area contributed by atoms with Crippen molar-refractivity contribution in [3.63, 3.8) is 0 Å². The van der Waals surface area contributed by atoms with Crippen molar-refractivity contribution in [2.24, 2.45) is 0 Å². The van der Waals surface area contributed by atoms with E-state index in [4.69, 9.17) is 9.47 Å². The first-order chi connectivity index (χ1) is 10.8. The number of aliphatic hydroxyl groups excluding tert-OH is 2. The number of hydrogen-bond donors (Lipinski definition) is 2. The first-order valence-electron chi connectivity index (χ1n) is 7.57. The molecule has 0 saturated carbocycles. The maximum Gasteiger partial charge on any atom is 0.337 e. The van der Waals surface area contributed by atoms with E-state index < -0.39 is 30.3 Å². The molecule has 3 atom stereocenters. The Kier molecular flexibility index (Phi) is 5.38. The van der Waals surface area contributed by atoms with Crippen molar-refractivity contribution in [3.8, 4) is 0 Å². The second kappa shape index (κ2) is 7.10. The molecule has 23 heavy (non-hydrogen) atoms. The highest BCUT2D eigenvalue weighted by atomic mass is 16.6. The number of fused-ring (bicyclic) bond motifs is 1. The van der Waals surface area contributed by atoms with Crippen molar-refractivity contribution in [2.75, 3.05) is 6.61 Å². The molecule has 126 valence electrons. The molecule has 0 aromatic heterocycles. The smallest absolute Gasteiger partial charge is 0.337 e. The Morgan fingerprint density at radius 1 is 1.39 bits per heavy atom. The quantitative estimate of drug-likeness (QED) is 0.586. The summed E-state index contributed by atoms with van der Waals surface area (Å²) in [6.45, 7) is 4.47. The van der Waals surface area contributed by atoms with Crippen LogP contribution in [0.3, 0.4) is 0 Å². The van der Waals surface area contributed by atoms with Gasteiger partial charge in [0.2, 0.25) is 0 Å². The molecule has 0 saturated heterocycles. The Labute approximate surface area is 135 Å². The third kappa shape index (κ3) is 3.89. The van der Waals surface area contributed by atoms with Crippen molar-refractivity contribution in [1.29, 1.82) is 0 Å². The van der Waals surface area contributed by atoms with Gasteiger partial charge < -0.3 is 19.7 Å². The van der Waals surface area contributed by atoms with Gasteiger partial charge in [-0.1, -0.05) is 6.08 Å². The minimum Gasteiger partial charge on any atom is -0.458 e. The third-order valence-electron chi connectivity index (χ3n) is 4.21. The first kappa shape index (κ1) is 17.4. The summed E-state index contributed by atoms with van der Waals surface area (Å²) in [4.78, 5) is 23.2. The molecule has 1 aliphatic heterocycles. The summed E-state index contributed by atoms with van der Waals surface area (Å²) in [7, 11) is 0. The van der Waals surface area contributed by atoms with Gasteiger partial charge in [-0.3, -0.25) is 4.79 Å². The lowest BCUT2D eigenvalue weighted by molar-refractivity contribution is -0.146. The Bertz CT molecular complexity index is 598. The van der Waals surface area contributed by atoms with Crippen molar-refractivity contribution >= 4 is 11.9 Å². The Hall–Kier alpha value is -1.92. The normalized spacial score (nSPS) is 33.1. The first-order valence-corrected chi connectivity index (χ1v) is 7.57. The predicted molar refractivity (Wildman–Crippen MR) is 82.3 cm³/mol. The molecular weight excluding hydrogens is 300 g/mol. The largest absolute Gasteiger partial charge is 0.458 e. The number of allylic oxidation sites excluding steroid dienone is 1. The lowest BCUT2D eigenvalue weighted by Crippen LogP contribution is -2.26. The summed E-state index contributed by atoms with van der Waals surface area (Å²) in [5, 5.41) is 19.7. The van der Waals surface area contributed by atoms with Crippen molar-refractivity contribution in [2.45, 2.75) is 51.9 Å². The SMILES string of the molecule is CC(=O)O[C@H]1C[C@H](O)/C(C)=C/CC2=C(CO)C(=O)O[C@@H]2/C=C\1C. The van der Waals surface area contributed by atoms with E-state index in [0.717, 1.165) is 5.57 Å². The molecule has 2 aliphatic rings. The molecule has 2 N–H and O–H groups in total. The van der Waals surface area contributed by atoms with Gasteiger partial charge >= 0.3 is 11.9 Å². The summed E-state index contributed by atoms with van der Waals surface area (Å²) < 4.78 is 10.6. The summed E-state index contributed by atoms with van der Waals surface area (Å²) in [5.41, 5.74) is 2.34. The van der Waals surface area contributed by atoms with E-state index in [1.165, 1.54) is 6.92 Å². The lowest BCUT2D eigenvalue weighted by Gasteiger charge is -2.24. The maximum atomic E-state index is 11.9.